The van der Waals surface area contributed by atoms with Crippen molar-refractivity contribution in [3.05, 3.63) is 94.8 Å². The van der Waals surface area contributed by atoms with Gasteiger partial charge in [-0.15, -0.1) is 0 Å². The third-order valence-corrected chi connectivity index (χ3v) is 5.39. The van der Waals surface area contributed by atoms with E-state index in [1.807, 2.05) is 0 Å². The molecule has 0 radical (unpaired) electrons. The Bertz CT molecular complexity index is 905. The molecule has 0 amide bonds. The summed E-state index contributed by atoms with van der Waals surface area (Å²) < 4.78 is 33.1. The summed E-state index contributed by atoms with van der Waals surface area (Å²) in [5.41, 5.74) is 2.13. The SMILES string of the molecule is CCCc1ccccc1.COc1ccc(CNS(=O)c2ccc(Cl)cc2)cc1F. The number of aryl methyl sites for hydroxylation is 1. The van der Waals surface area contributed by atoms with E-state index in [0.29, 0.717) is 15.5 Å². The first-order valence-corrected chi connectivity index (χ1v) is 10.8. The molecular formula is C23H25ClFNO2S. The van der Waals surface area contributed by atoms with Gasteiger partial charge in [0.1, 0.15) is 11.0 Å². The number of hydrogen-bond acceptors (Lipinski definition) is 2. The van der Waals surface area contributed by atoms with Crippen molar-refractivity contribution in [1.82, 2.24) is 4.72 Å². The lowest BCUT2D eigenvalue weighted by atomic mass is 10.1. The highest BCUT2D eigenvalue weighted by molar-refractivity contribution is 7.83. The quantitative estimate of drug-likeness (QED) is 0.500. The zero-order valence-electron chi connectivity index (χ0n) is 16.5. The van der Waals surface area contributed by atoms with Crippen LogP contribution >= 0.6 is 11.6 Å². The number of methoxy groups -OCH3 is 1. The molecule has 3 nitrogen and oxygen atoms in total. The molecule has 0 bridgehead atoms. The predicted octanol–water partition coefficient (Wildman–Crippen LogP) is 5.94. The lowest BCUT2D eigenvalue weighted by molar-refractivity contribution is 0.386. The van der Waals surface area contributed by atoms with Crippen molar-refractivity contribution in [3.8, 4) is 5.75 Å². The highest BCUT2D eigenvalue weighted by atomic mass is 35.5. The average Bonchev–Trinajstić information content (AvgIpc) is 2.74. The summed E-state index contributed by atoms with van der Waals surface area (Å²) in [5.74, 6) is -0.253. The molecule has 0 aliphatic rings. The third-order valence-electron chi connectivity index (χ3n) is 4.03. The van der Waals surface area contributed by atoms with Gasteiger partial charge in [-0.05, 0) is 53.9 Å². The highest BCUT2D eigenvalue weighted by Crippen LogP contribution is 2.18. The van der Waals surface area contributed by atoms with Crippen LogP contribution < -0.4 is 9.46 Å². The van der Waals surface area contributed by atoms with Crippen LogP contribution in [0.5, 0.6) is 5.75 Å². The van der Waals surface area contributed by atoms with Gasteiger partial charge in [0.2, 0.25) is 0 Å². The minimum atomic E-state index is -1.37. The molecule has 0 heterocycles. The van der Waals surface area contributed by atoms with E-state index in [0.717, 1.165) is 0 Å². The van der Waals surface area contributed by atoms with Gasteiger partial charge in [-0.3, -0.25) is 0 Å². The normalized spacial score (nSPS) is 11.3. The van der Waals surface area contributed by atoms with Crippen molar-refractivity contribution >= 4 is 22.6 Å². The maximum absolute atomic E-state index is 13.5. The monoisotopic (exact) mass is 433 g/mol. The molecule has 29 heavy (non-hydrogen) atoms. The summed E-state index contributed by atoms with van der Waals surface area (Å²) in [5, 5.41) is 0.586. The fourth-order valence-electron chi connectivity index (χ4n) is 2.54. The molecule has 1 N–H and O–H groups in total. The van der Waals surface area contributed by atoms with Gasteiger partial charge in [-0.2, -0.15) is 0 Å². The standard InChI is InChI=1S/C14H13ClFNO2S.C9H12/c1-19-14-7-2-10(8-13(14)16)9-17-20(18)12-5-3-11(15)4-6-12;1-2-6-9-7-4-3-5-8-9/h2-8,17H,9H2,1H3;3-5,7-8H,2,6H2,1H3. The van der Waals surface area contributed by atoms with Gasteiger partial charge in [0, 0.05) is 11.6 Å². The third kappa shape index (κ3) is 7.97. The van der Waals surface area contributed by atoms with E-state index in [1.54, 1.807) is 30.3 Å². The van der Waals surface area contributed by atoms with Crippen LogP contribution in [0.4, 0.5) is 4.39 Å². The van der Waals surface area contributed by atoms with Crippen LogP contribution in [0.1, 0.15) is 24.5 Å². The Balaban J connectivity index is 0.000000278. The number of ether oxygens (including phenoxy) is 1. The summed E-state index contributed by atoms with van der Waals surface area (Å²) in [6.07, 6.45) is 2.45. The van der Waals surface area contributed by atoms with Crippen LogP contribution in [-0.2, 0) is 24.0 Å². The number of rotatable bonds is 7. The Morgan fingerprint density at radius 1 is 1.00 bits per heavy atom. The molecule has 1 unspecified atom stereocenters. The van der Waals surface area contributed by atoms with Gasteiger partial charge < -0.3 is 4.74 Å². The first-order valence-electron chi connectivity index (χ1n) is 9.30. The van der Waals surface area contributed by atoms with Gasteiger partial charge in [0.05, 0.1) is 12.0 Å². The van der Waals surface area contributed by atoms with Crippen molar-refractivity contribution in [2.75, 3.05) is 7.11 Å². The van der Waals surface area contributed by atoms with E-state index < -0.39 is 16.8 Å². The minimum Gasteiger partial charge on any atom is -0.494 e. The summed E-state index contributed by atoms with van der Waals surface area (Å²) in [6.45, 7) is 2.49. The average molecular weight is 434 g/mol. The lowest BCUT2D eigenvalue weighted by Crippen LogP contribution is -2.16. The van der Waals surface area contributed by atoms with Crippen molar-refractivity contribution in [2.45, 2.75) is 31.2 Å². The maximum Gasteiger partial charge on any atom is 0.165 e. The largest absolute Gasteiger partial charge is 0.494 e. The second kappa shape index (κ2) is 12.4. The number of benzene rings is 3. The molecule has 3 aromatic carbocycles. The smallest absolute Gasteiger partial charge is 0.165 e. The highest BCUT2D eigenvalue weighted by Gasteiger charge is 2.06. The summed E-state index contributed by atoms with van der Waals surface area (Å²) in [4.78, 5) is 0.614. The molecule has 154 valence electrons. The van der Waals surface area contributed by atoms with Crippen LogP contribution in [0.2, 0.25) is 5.02 Å². The zero-order valence-corrected chi connectivity index (χ0v) is 18.1. The van der Waals surface area contributed by atoms with Crippen LogP contribution in [0, 0.1) is 5.82 Å². The summed E-state index contributed by atoms with van der Waals surface area (Å²) in [6, 6.07) is 21.9. The molecule has 0 saturated carbocycles. The number of halogens is 2. The molecule has 0 fully saturated rings. The summed E-state index contributed by atoms with van der Waals surface area (Å²) in [7, 11) is 0.0404. The van der Waals surface area contributed by atoms with Gasteiger partial charge in [-0.25, -0.2) is 13.3 Å². The van der Waals surface area contributed by atoms with Crippen LogP contribution in [-0.4, -0.2) is 11.3 Å². The second-order valence-electron chi connectivity index (χ2n) is 6.25. The molecular weight excluding hydrogens is 409 g/mol. The predicted molar refractivity (Wildman–Crippen MR) is 118 cm³/mol. The Labute approximate surface area is 179 Å². The van der Waals surface area contributed by atoms with Crippen molar-refractivity contribution in [2.24, 2.45) is 0 Å². The molecule has 3 aromatic rings. The fourth-order valence-corrected chi connectivity index (χ4v) is 3.52. The minimum absolute atomic E-state index is 0.188. The van der Waals surface area contributed by atoms with E-state index >= 15 is 0 Å². The Morgan fingerprint density at radius 2 is 1.69 bits per heavy atom. The summed E-state index contributed by atoms with van der Waals surface area (Å²) >= 11 is 5.76. The van der Waals surface area contributed by atoms with Crippen molar-refractivity contribution in [3.63, 3.8) is 0 Å². The van der Waals surface area contributed by atoms with Crippen LogP contribution in [0.25, 0.3) is 0 Å². The zero-order chi connectivity index (χ0) is 21.1. The van der Waals surface area contributed by atoms with Crippen LogP contribution in [0.3, 0.4) is 0 Å². The van der Waals surface area contributed by atoms with E-state index in [2.05, 4.69) is 42.0 Å². The Kier molecular flexibility index (Phi) is 9.84. The second-order valence-corrected chi connectivity index (χ2v) is 7.98. The maximum atomic E-state index is 13.5. The molecule has 3 rings (SSSR count). The van der Waals surface area contributed by atoms with E-state index in [-0.39, 0.29) is 12.3 Å². The van der Waals surface area contributed by atoms with Gasteiger partial charge in [0.25, 0.3) is 0 Å². The van der Waals surface area contributed by atoms with Crippen molar-refractivity contribution in [1.29, 1.82) is 0 Å². The molecule has 1 atom stereocenters. The number of nitrogens with one attached hydrogen (secondary N) is 1. The van der Waals surface area contributed by atoms with Gasteiger partial charge in [-0.1, -0.05) is 61.3 Å². The van der Waals surface area contributed by atoms with E-state index in [1.165, 1.54) is 37.6 Å². The van der Waals surface area contributed by atoms with Crippen molar-refractivity contribution < 1.29 is 13.3 Å². The molecule has 0 aromatic heterocycles. The first-order chi connectivity index (χ1) is 14.0. The molecule has 0 saturated heterocycles. The molecule has 0 aliphatic carbocycles. The number of hydrogen-bond donors (Lipinski definition) is 1. The molecule has 0 spiro atoms. The Morgan fingerprint density at radius 3 is 2.28 bits per heavy atom. The van der Waals surface area contributed by atoms with E-state index in [9.17, 15) is 8.60 Å². The van der Waals surface area contributed by atoms with Crippen LogP contribution in [0.15, 0.2) is 77.7 Å². The fraction of sp³-hybridized carbons (Fsp3) is 0.217. The Hall–Kier alpha value is -2.21. The first kappa shape index (κ1) is 23.1. The van der Waals surface area contributed by atoms with E-state index in [4.69, 9.17) is 16.3 Å². The topological polar surface area (TPSA) is 38.3 Å². The van der Waals surface area contributed by atoms with Gasteiger partial charge >= 0.3 is 0 Å². The lowest BCUT2D eigenvalue weighted by Gasteiger charge is -2.07. The van der Waals surface area contributed by atoms with Gasteiger partial charge in [0.15, 0.2) is 11.6 Å². The molecule has 0 aliphatic heterocycles. The molecule has 6 heteroatoms.